The number of hydrogen-bond acceptors (Lipinski definition) is 3. The number of aromatic nitrogens is 1. The number of hydrogen-bond donors (Lipinski definition) is 1. The molecule has 0 bridgehead atoms. The summed E-state index contributed by atoms with van der Waals surface area (Å²) < 4.78 is 6.53. The van der Waals surface area contributed by atoms with Gasteiger partial charge in [-0.1, -0.05) is 31.1 Å². The smallest absolute Gasteiger partial charge is 0.172 e. The number of halogens is 1. The Morgan fingerprint density at radius 1 is 1.41 bits per heavy atom. The average molecular weight is 342 g/mol. The number of nitrogens with zero attached hydrogens (tertiary/aromatic N) is 1. The van der Waals surface area contributed by atoms with E-state index in [0.29, 0.717) is 11.7 Å². The largest absolute Gasteiger partial charge is 0.381 e. The second-order valence-electron chi connectivity index (χ2n) is 4.48. The molecule has 0 amide bonds. The van der Waals surface area contributed by atoms with Crippen molar-refractivity contribution in [2.45, 2.75) is 20.3 Å². The molecule has 1 aromatic carbocycles. The van der Waals surface area contributed by atoms with Crippen molar-refractivity contribution in [2.24, 2.45) is 5.92 Å². The molecule has 0 unspecified atom stereocenters. The van der Waals surface area contributed by atoms with Crippen molar-refractivity contribution in [2.75, 3.05) is 5.73 Å². The van der Waals surface area contributed by atoms with Gasteiger partial charge in [-0.25, -0.2) is 0 Å². The van der Waals surface area contributed by atoms with Gasteiger partial charge >= 0.3 is 0 Å². The summed E-state index contributed by atoms with van der Waals surface area (Å²) >= 11 is 2.28. The molecule has 1 aromatic heterocycles. The van der Waals surface area contributed by atoms with E-state index < -0.39 is 0 Å². The molecule has 2 aromatic rings. The third-order valence-electron chi connectivity index (χ3n) is 2.52. The molecule has 0 aliphatic carbocycles. The monoisotopic (exact) mass is 342 g/mol. The minimum absolute atomic E-state index is 0.507. The van der Waals surface area contributed by atoms with Crippen molar-refractivity contribution < 1.29 is 4.52 Å². The van der Waals surface area contributed by atoms with E-state index >= 15 is 0 Å². The van der Waals surface area contributed by atoms with Crippen LogP contribution in [-0.2, 0) is 6.42 Å². The normalized spacial score (nSPS) is 11.1. The van der Waals surface area contributed by atoms with E-state index in [-0.39, 0.29) is 0 Å². The fourth-order valence-electron chi connectivity index (χ4n) is 1.78. The van der Waals surface area contributed by atoms with Crippen LogP contribution in [0.1, 0.15) is 19.4 Å². The van der Waals surface area contributed by atoms with Crippen LogP contribution in [0.2, 0.25) is 0 Å². The molecule has 4 heteroatoms. The molecule has 0 spiro atoms. The third-order valence-corrected chi connectivity index (χ3v) is 3.19. The number of nitrogen functional groups attached to an aromatic ring is 1. The number of rotatable bonds is 3. The Balaban J connectivity index is 2.45. The highest BCUT2D eigenvalue weighted by Crippen LogP contribution is 2.30. The highest BCUT2D eigenvalue weighted by molar-refractivity contribution is 14.1. The molecule has 0 fully saturated rings. The summed E-state index contributed by atoms with van der Waals surface area (Å²) in [6.45, 7) is 4.32. The van der Waals surface area contributed by atoms with Gasteiger partial charge in [-0.05, 0) is 47.1 Å². The first-order chi connectivity index (χ1) is 8.08. The van der Waals surface area contributed by atoms with Crippen molar-refractivity contribution in [3.05, 3.63) is 33.4 Å². The molecule has 0 saturated carbocycles. The van der Waals surface area contributed by atoms with E-state index in [1.807, 2.05) is 18.2 Å². The molecule has 0 aliphatic rings. The van der Waals surface area contributed by atoms with Crippen molar-refractivity contribution >= 4 is 28.4 Å². The summed E-state index contributed by atoms with van der Waals surface area (Å²) in [5.41, 5.74) is 7.91. The molecule has 90 valence electrons. The molecule has 17 heavy (non-hydrogen) atoms. The van der Waals surface area contributed by atoms with Crippen LogP contribution in [0.25, 0.3) is 11.3 Å². The SMILES string of the molecule is CC(C)Cc1c(N)noc1-c1cccc(I)c1. The quantitative estimate of drug-likeness (QED) is 0.865. The Morgan fingerprint density at radius 2 is 2.18 bits per heavy atom. The Bertz CT molecular complexity index is 520. The van der Waals surface area contributed by atoms with Gasteiger partial charge in [0.05, 0.1) is 0 Å². The van der Waals surface area contributed by atoms with Crippen LogP contribution >= 0.6 is 22.6 Å². The van der Waals surface area contributed by atoms with Gasteiger partial charge < -0.3 is 10.3 Å². The van der Waals surface area contributed by atoms with E-state index in [2.05, 4.69) is 47.7 Å². The Kier molecular flexibility index (Phi) is 3.71. The summed E-state index contributed by atoms with van der Waals surface area (Å²) in [6.07, 6.45) is 0.885. The second-order valence-corrected chi connectivity index (χ2v) is 5.73. The van der Waals surface area contributed by atoms with Crippen LogP contribution in [0.4, 0.5) is 5.82 Å². The van der Waals surface area contributed by atoms with Gasteiger partial charge in [-0.2, -0.15) is 0 Å². The van der Waals surface area contributed by atoms with Gasteiger partial charge in [0, 0.05) is 14.7 Å². The summed E-state index contributed by atoms with van der Waals surface area (Å²) in [5, 5.41) is 3.88. The zero-order chi connectivity index (χ0) is 12.4. The Hall–Kier alpha value is -1.04. The molecule has 0 aliphatic heterocycles. The van der Waals surface area contributed by atoms with Gasteiger partial charge in [-0.3, -0.25) is 0 Å². The summed E-state index contributed by atoms with van der Waals surface area (Å²) in [5.74, 6) is 1.83. The van der Waals surface area contributed by atoms with Gasteiger partial charge in [-0.15, -0.1) is 0 Å². The molecule has 2 N–H and O–H groups in total. The number of benzene rings is 1. The molecule has 3 nitrogen and oxygen atoms in total. The first-order valence-corrected chi connectivity index (χ1v) is 6.65. The standard InChI is InChI=1S/C13H15IN2O/c1-8(2)6-11-12(17-16-13(11)15)9-4-3-5-10(14)7-9/h3-5,7-8H,6H2,1-2H3,(H2,15,16). The van der Waals surface area contributed by atoms with Crippen molar-refractivity contribution in [1.29, 1.82) is 0 Å². The third kappa shape index (κ3) is 2.80. The Morgan fingerprint density at radius 3 is 2.82 bits per heavy atom. The minimum Gasteiger partial charge on any atom is -0.381 e. The minimum atomic E-state index is 0.507. The lowest BCUT2D eigenvalue weighted by Crippen LogP contribution is -1.99. The van der Waals surface area contributed by atoms with Gasteiger partial charge in [0.15, 0.2) is 11.6 Å². The topological polar surface area (TPSA) is 52.0 Å². The predicted octanol–water partition coefficient (Wildman–Crippen LogP) is 3.73. The maximum absolute atomic E-state index is 5.86. The zero-order valence-electron chi connectivity index (χ0n) is 9.90. The molecule has 0 radical (unpaired) electrons. The highest BCUT2D eigenvalue weighted by atomic mass is 127. The summed E-state index contributed by atoms with van der Waals surface area (Å²) in [6, 6.07) is 8.15. The fourth-order valence-corrected chi connectivity index (χ4v) is 2.33. The van der Waals surface area contributed by atoms with Crippen LogP contribution in [0, 0.1) is 9.49 Å². The zero-order valence-corrected chi connectivity index (χ0v) is 12.1. The van der Waals surface area contributed by atoms with Gasteiger partial charge in [0.2, 0.25) is 0 Å². The van der Waals surface area contributed by atoms with Crippen molar-refractivity contribution in [1.82, 2.24) is 5.16 Å². The first-order valence-electron chi connectivity index (χ1n) is 5.58. The molecule has 2 rings (SSSR count). The van der Waals surface area contributed by atoms with Crippen LogP contribution in [0.5, 0.6) is 0 Å². The Labute approximate surface area is 115 Å². The van der Waals surface area contributed by atoms with E-state index in [0.717, 1.165) is 23.3 Å². The fraction of sp³-hybridized carbons (Fsp3) is 0.308. The van der Waals surface area contributed by atoms with E-state index in [9.17, 15) is 0 Å². The molecule has 1 heterocycles. The van der Waals surface area contributed by atoms with Crippen LogP contribution < -0.4 is 5.73 Å². The molecule has 0 saturated heterocycles. The van der Waals surface area contributed by atoms with Crippen LogP contribution in [0.3, 0.4) is 0 Å². The van der Waals surface area contributed by atoms with Crippen LogP contribution in [0.15, 0.2) is 28.8 Å². The molecular weight excluding hydrogens is 327 g/mol. The number of nitrogens with two attached hydrogens (primary N) is 1. The number of anilines is 1. The molecule has 0 atom stereocenters. The maximum atomic E-state index is 5.86. The second kappa shape index (κ2) is 5.08. The maximum Gasteiger partial charge on any atom is 0.172 e. The van der Waals surface area contributed by atoms with Crippen molar-refractivity contribution in [3.63, 3.8) is 0 Å². The van der Waals surface area contributed by atoms with E-state index in [4.69, 9.17) is 10.3 Å². The first kappa shape index (κ1) is 12.4. The average Bonchev–Trinajstić information content (AvgIpc) is 2.60. The lowest BCUT2D eigenvalue weighted by atomic mass is 10.00. The highest BCUT2D eigenvalue weighted by Gasteiger charge is 2.16. The van der Waals surface area contributed by atoms with Gasteiger partial charge in [0.1, 0.15) is 0 Å². The van der Waals surface area contributed by atoms with Crippen LogP contribution in [-0.4, -0.2) is 5.16 Å². The van der Waals surface area contributed by atoms with Crippen molar-refractivity contribution in [3.8, 4) is 11.3 Å². The van der Waals surface area contributed by atoms with E-state index in [1.54, 1.807) is 0 Å². The molecular formula is C13H15IN2O. The van der Waals surface area contributed by atoms with Gasteiger partial charge in [0.25, 0.3) is 0 Å². The lowest BCUT2D eigenvalue weighted by Gasteiger charge is -2.05. The van der Waals surface area contributed by atoms with E-state index in [1.165, 1.54) is 3.57 Å². The summed E-state index contributed by atoms with van der Waals surface area (Å²) in [4.78, 5) is 0. The summed E-state index contributed by atoms with van der Waals surface area (Å²) in [7, 11) is 0. The lowest BCUT2D eigenvalue weighted by molar-refractivity contribution is 0.434. The predicted molar refractivity (Wildman–Crippen MR) is 77.6 cm³/mol.